The van der Waals surface area contributed by atoms with Crippen LogP contribution < -0.4 is 16.4 Å². The van der Waals surface area contributed by atoms with Gasteiger partial charge in [-0.25, -0.2) is 0 Å². The van der Waals surface area contributed by atoms with Crippen molar-refractivity contribution >= 4 is 17.3 Å². The number of hydrogen-bond acceptors (Lipinski definition) is 4. The Morgan fingerprint density at radius 1 is 1.50 bits per heavy atom. The average Bonchev–Trinajstić information content (AvgIpc) is 2.39. The number of piperidine rings is 1. The first-order chi connectivity index (χ1) is 8.61. The van der Waals surface area contributed by atoms with Crippen LogP contribution in [0.3, 0.4) is 0 Å². The van der Waals surface area contributed by atoms with Gasteiger partial charge < -0.3 is 21.1 Å². The van der Waals surface area contributed by atoms with Gasteiger partial charge in [0.15, 0.2) is 0 Å². The molecular weight excluding hydrogens is 230 g/mol. The minimum absolute atomic E-state index is 0.244. The number of ether oxygens (including phenoxy) is 1. The fourth-order valence-corrected chi connectivity index (χ4v) is 2.32. The molecule has 0 bridgehead atoms. The maximum Gasteiger partial charge on any atom is 0.250 e. The molecule has 1 atom stereocenters. The van der Waals surface area contributed by atoms with Gasteiger partial charge in [0.1, 0.15) is 0 Å². The largest absolute Gasteiger partial charge is 0.398 e. The first-order valence-electron chi connectivity index (χ1n) is 6.09. The fraction of sp³-hybridized carbons (Fsp3) is 0.462. The van der Waals surface area contributed by atoms with Gasteiger partial charge in [0.05, 0.1) is 11.7 Å². The second kappa shape index (κ2) is 5.27. The van der Waals surface area contributed by atoms with Crippen LogP contribution in [0.2, 0.25) is 0 Å². The molecule has 0 aromatic heterocycles. The summed E-state index contributed by atoms with van der Waals surface area (Å²) in [5.74, 6) is -0.491. The van der Waals surface area contributed by atoms with E-state index in [4.69, 9.17) is 16.2 Å². The van der Waals surface area contributed by atoms with Gasteiger partial charge in [0, 0.05) is 31.6 Å². The van der Waals surface area contributed by atoms with Crippen LogP contribution >= 0.6 is 0 Å². The number of rotatable bonds is 3. The number of carbonyl (C=O) groups excluding carboxylic acids is 1. The number of nitrogens with two attached hydrogens (primary N) is 2. The highest BCUT2D eigenvalue weighted by molar-refractivity contribution is 5.99. The lowest BCUT2D eigenvalue weighted by Gasteiger charge is -2.33. The molecule has 0 saturated carbocycles. The lowest BCUT2D eigenvalue weighted by atomic mass is 10.1. The molecule has 1 saturated heterocycles. The lowest BCUT2D eigenvalue weighted by molar-refractivity contribution is 0.0893. The number of hydrogen-bond donors (Lipinski definition) is 2. The van der Waals surface area contributed by atoms with Crippen LogP contribution in [0.15, 0.2) is 18.2 Å². The first-order valence-corrected chi connectivity index (χ1v) is 6.09. The van der Waals surface area contributed by atoms with Gasteiger partial charge in [-0.15, -0.1) is 0 Å². The van der Waals surface area contributed by atoms with Crippen molar-refractivity contribution in [1.29, 1.82) is 0 Å². The quantitative estimate of drug-likeness (QED) is 0.782. The number of nitrogen functional groups attached to an aromatic ring is 1. The average molecular weight is 249 g/mol. The summed E-state index contributed by atoms with van der Waals surface area (Å²) in [6.45, 7) is 1.79. The zero-order valence-corrected chi connectivity index (χ0v) is 10.6. The van der Waals surface area contributed by atoms with Crippen LogP contribution in [0.5, 0.6) is 0 Å². The summed E-state index contributed by atoms with van der Waals surface area (Å²) < 4.78 is 5.39. The molecule has 1 fully saturated rings. The Kier molecular flexibility index (Phi) is 3.72. The molecule has 1 aliphatic rings. The molecular formula is C13H19N3O2. The van der Waals surface area contributed by atoms with Crippen LogP contribution in [0, 0.1) is 0 Å². The van der Waals surface area contributed by atoms with E-state index < -0.39 is 5.91 Å². The summed E-state index contributed by atoms with van der Waals surface area (Å²) >= 11 is 0. The summed E-state index contributed by atoms with van der Waals surface area (Å²) in [6, 6.07) is 5.40. The van der Waals surface area contributed by atoms with Crippen molar-refractivity contribution in [3.63, 3.8) is 0 Å². The van der Waals surface area contributed by atoms with E-state index in [9.17, 15) is 4.79 Å². The van der Waals surface area contributed by atoms with E-state index in [1.807, 2.05) is 6.07 Å². The third kappa shape index (κ3) is 2.56. The summed E-state index contributed by atoms with van der Waals surface area (Å²) in [7, 11) is 1.73. The minimum atomic E-state index is -0.491. The van der Waals surface area contributed by atoms with E-state index in [0.717, 1.165) is 31.6 Å². The van der Waals surface area contributed by atoms with Crippen molar-refractivity contribution in [1.82, 2.24) is 0 Å². The number of benzene rings is 1. The van der Waals surface area contributed by atoms with Crippen molar-refractivity contribution in [2.75, 3.05) is 30.8 Å². The third-order valence-corrected chi connectivity index (χ3v) is 3.38. The molecule has 5 heteroatoms. The highest BCUT2D eigenvalue weighted by atomic mass is 16.5. The topological polar surface area (TPSA) is 81.6 Å². The monoisotopic (exact) mass is 249 g/mol. The van der Waals surface area contributed by atoms with Crippen LogP contribution in [0.25, 0.3) is 0 Å². The van der Waals surface area contributed by atoms with E-state index in [1.54, 1.807) is 19.2 Å². The number of methoxy groups -OCH3 is 1. The van der Waals surface area contributed by atoms with Crippen molar-refractivity contribution in [3.8, 4) is 0 Å². The maximum absolute atomic E-state index is 11.3. The van der Waals surface area contributed by atoms with E-state index >= 15 is 0 Å². The Bertz CT molecular complexity index is 448. The number of amides is 1. The predicted molar refractivity (Wildman–Crippen MR) is 71.6 cm³/mol. The van der Waals surface area contributed by atoms with E-state index in [2.05, 4.69) is 4.90 Å². The highest BCUT2D eigenvalue weighted by Crippen LogP contribution is 2.24. The molecule has 4 N–H and O–H groups in total. The number of carbonyl (C=O) groups is 1. The zero-order valence-electron chi connectivity index (χ0n) is 10.6. The SMILES string of the molecule is COC1CCCN(c2ccc(N)c(C(N)=O)c2)C1. The molecule has 1 aromatic carbocycles. The predicted octanol–water partition coefficient (Wildman–Crippen LogP) is 0.983. The molecule has 1 heterocycles. The second-order valence-corrected chi connectivity index (χ2v) is 4.58. The Labute approximate surface area is 107 Å². The smallest absolute Gasteiger partial charge is 0.250 e. The molecule has 98 valence electrons. The number of nitrogens with zero attached hydrogens (tertiary/aromatic N) is 1. The van der Waals surface area contributed by atoms with Crippen molar-refractivity contribution in [3.05, 3.63) is 23.8 Å². The minimum Gasteiger partial charge on any atom is -0.398 e. The van der Waals surface area contributed by atoms with Gasteiger partial charge in [-0.1, -0.05) is 0 Å². The molecule has 1 aromatic rings. The summed E-state index contributed by atoms with van der Waals surface area (Å²) in [4.78, 5) is 13.5. The zero-order chi connectivity index (χ0) is 13.1. The Balaban J connectivity index is 2.22. The lowest BCUT2D eigenvalue weighted by Crippen LogP contribution is -2.39. The van der Waals surface area contributed by atoms with Crippen LogP contribution in [-0.4, -0.2) is 32.2 Å². The van der Waals surface area contributed by atoms with Crippen molar-refractivity contribution < 1.29 is 9.53 Å². The Hall–Kier alpha value is -1.75. The molecule has 0 radical (unpaired) electrons. The van der Waals surface area contributed by atoms with Gasteiger partial charge in [-0.2, -0.15) is 0 Å². The molecule has 1 amide bonds. The number of anilines is 2. The number of primary amides is 1. The fourth-order valence-electron chi connectivity index (χ4n) is 2.32. The van der Waals surface area contributed by atoms with Gasteiger partial charge in [0.25, 0.3) is 5.91 Å². The van der Waals surface area contributed by atoms with Gasteiger partial charge >= 0.3 is 0 Å². The van der Waals surface area contributed by atoms with Crippen LogP contribution in [0.1, 0.15) is 23.2 Å². The molecule has 0 aliphatic carbocycles. The summed E-state index contributed by atoms with van der Waals surface area (Å²) in [5.41, 5.74) is 12.8. The van der Waals surface area contributed by atoms with Crippen molar-refractivity contribution in [2.24, 2.45) is 5.73 Å². The molecule has 0 spiro atoms. The molecule has 5 nitrogen and oxygen atoms in total. The van der Waals surface area contributed by atoms with E-state index in [-0.39, 0.29) is 6.10 Å². The Morgan fingerprint density at radius 3 is 2.94 bits per heavy atom. The van der Waals surface area contributed by atoms with E-state index in [1.165, 1.54) is 0 Å². The van der Waals surface area contributed by atoms with E-state index in [0.29, 0.717) is 11.3 Å². The third-order valence-electron chi connectivity index (χ3n) is 3.38. The van der Waals surface area contributed by atoms with Crippen molar-refractivity contribution in [2.45, 2.75) is 18.9 Å². The Morgan fingerprint density at radius 2 is 2.28 bits per heavy atom. The van der Waals surface area contributed by atoms with Crippen LogP contribution in [0.4, 0.5) is 11.4 Å². The van der Waals surface area contributed by atoms with Gasteiger partial charge in [0.2, 0.25) is 0 Å². The van der Waals surface area contributed by atoms with Gasteiger partial charge in [-0.3, -0.25) is 4.79 Å². The van der Waals surface area contributed by atoms with Gasteiger partial charge in [-0.05, 0) is 31.0 Å². The first kappa shape index (κ1) is 12.7. The summed E-state index contributed by atoms with van der Waals surface area (Å²) in [6.07, 6.45) is 2.40. The maximum atomic E-state index is 11.3. The molecule has 2 rings (SSSR count). The normalized spacial score (nSPS) is 19.8. The highest BCUT2D eigenvalue weighted by Gasteiger charge is 2.20. The molecule has 1 unspecified atom stereocenters. The van der Waals surface area contributed by atoms with Crippen LogP contribution in [-0.2, 0) is 4.74 Å². The standard InChI is InChI=1S/C13H19N3O2/c1-18-10-3-2-6-16(8-10)9-4-5-12(14)11(7-9)13(15)17/h4-5,7,10H,2-3,6,8,14H2,1H3,(H2,15,17). The molecule has 1 aliphatic heterocycles. The molecule has 18 heavy (non-hydrogen) atoms. The second-order valence-electron chi connectivity index (χ2n) is 4.58. The summed E-state index contributed by atoms with van der Waals surface area (Å²) in [5, 5.41) is 0.